The van der Waals surface area contributed by atoms with E-state index in [1.54, 1.807) is 6.33 Å². The molecule has 2 aliphatic rings. The summed E-state index contributed by atoms with van der Waals surface area (Å²) in [6.07, 6.45) is 8.14. The molecule has 0 bridgehead atoms. The van der Waals surface area contributed by atoms with Crippen LogP contribution in [0.3, 0.4) is 0 Å². The Morgan fingerprint density at radius 1 is 1.13 bits per heavy atom. The van der Waals surface area contributed by atoms with Gasteiger partial charge in [-0.1, -0.05) is 0 Å². The molecule has 1 unspecified atom stereocenters. The number of aromatic nitrogens is 2. The Bertz CT molecular complexity index is 327. The van der Waals surface area contributed by atoms with Crippen molar-refractivity contribution in [3.05, 3.63) is 18.7 Å². The van der Waals surface area contributed by atoms with Gasteiger partial charge in [-0.15, -0.1) is 0 Å². The Balaban J connectivity index is 1.74. The van der Waals surface area contributed by atoms with Crippen LogP contribution in [0.5, 0.6) is 0 Å². The number of fused-ring (bicyclic) bond motifs is 1. The zero-order valence-corrected chi connectivity index (χ0v) is 8.84. The van der Waals surface area contributed by atoms with Crippen molar-refractivity contribution in [2.45, 2.75) is 18.9 Å². The first kappa shape index (κ1) is 9.09. The van der Waals surface area contributed by atoms with Crippen molar-refractivity contribution in [2.75, 3.05) is 31.1 Å². The molecule has 1 atom stereocenters. The van der Waals surface area contributed by atoms with Crippen LogP contribution in [-0.4, -0.2) is 47.1 Å². The van der Waals surface area contributed by atoms with E-state index in [4.69, 9.17) is 0 Å². The van der Waals surface area contributed by atoms with Gasteiger partial charge in [0.1, 0.15) is 6.33 Å². The summed E-state index contributed by atoms with van der Waals surface area (Å²) in [4.78, 5) is 13.2. The second-order valence-corrected chi connectivity index (χ2v) is 4.37. The maximum Gasteiger partial charge on any atom is 0.115 e. The highest BCUT2D eigenvalue weighted by Crippen LogP contribution is 2.24. The quantitative estimate of drug-likeness (QED) is 0.676. The highest BCUT2D eigenvalue weighted by atomic mass is 15.3. The van der Waals surface area contributed by atoms with E-state index in [0.717, 1.165) is 19.1 Å². The predicted molar refractivity (Wildman–Crippen MR) is 58.8 cm³/mol. The Kier molecular flexibility index (Phi) is 2.29. The van der Waals surface area contributed by atoms with Gasteiger partial charge in [0.25, 0.3) is 0 Å². The van der Waals surface area contributed by atoms with Crippen LogP contribution in [0, 0.1) is 0 Å². The van der Waals surface area contributed by atoms with Crippen LogP contribution >= 0.6 is 0 Å². The van der Waals surface area contributed by atoms with Gasteiger partial charge in [0.2, 0.25) is 0 Å². The van der Waals surface area contributed by atoms with Crippen LogP contribution in [0.2, 0.25) is 0 Å². The average Bonchev–Trinajstić information content (AvgIpc) is 2.77. The summed E-state index contributed by atoms with van der Waals surface area (Å²) in [5, 5.41) is 0. The summed E-state index contributed by atoms with van der Waals surface area (Å²) in [5.74, 6) is 0. The van der Waals surface area contributed by atoms with Gasteiger partial charge in [-0.25, -0.2) is 9.97 Å². The standard InChI is InChI=1S/C11H16N4/c1-2-10-8-15(5-4-14(10)3-1)11-6-12-9-13-7-11/h6-7,9-10H,1-5,8H2. The molecule has 80 valence electrons. The summed E-state index contributed by atoms with van der Waals surface area (Å²) in [5.41, 5.74) is 1.17. The third kappa shape index (κ3) is 1.69. The molecule has 0 spiro atoms. The molecule has 15 heavy (non-hydrogen) atoms. The number of piperazine rings is 1. The average molecular weight is 204 g/mol. The highest BCUT2D eigenvalue weighted by Gasteiger charge is 2.30. The topological polar surface area (TPSA) is 32.3 Å². The second kappa shape index (κ2) is 3.77. The first-order chi connectivity index (χ1) is 7.43. The van der Waals surface area contributed by atoms with Crippen LogP contribution in [0.1, 0.15) is 12.8 Å². The lowest BCUT2D eigenvalue weighted by atomic mass is 10.1. The lowest BCUT2D eigenvalue weighted by molar-refractivity contribution is 0.231. The summed E-state index contributed by atoms with van der Waals surface area (Å²) in [7, 11) is 0. The third-order valence-electron chi connectivity index (χ3n) is 3.50. The molecule has 0 radical (unpaired) electrons. The molecule has 0 aromatic carbocycles. The molecule has 2 saturated heterocycles. The fourth-order valence-corrected chi connectivity index (χ4v) is 2.68. The largest absolute Gasteiger partial charge is 0.366 e. The van der Waals surface area contributed by atoms with E-state index in [0.29, 0.717) is 0 Å². The highest BCUT2D eigenvalue weighted by molar-refractivity contribution is 5.42. The van der Waals surface area contributed by atoms with E-state index in [-0.39, 0.29) is 0 Å². The summed E-state index contributed by atoms with van der Waals surface area (Å²) >= 11 is 0. The van der Waals surface area contributed by atoms with Crippen molar-refractivity contribution in [1.82, 2.24) is 14.9 Å². The minimum Gasteiger partial charge on any atom is -0.366 e. The van der Waals surface area contributed by atoms with Crippen LogP contribution in [0.25, 0.3) is 0 Å². The van der Waals surface area contributed by atoms with E-state index in [1.807, 2.05) is 12.4 Å². The Labute approximate surface area is 89.9 Å². The summed E-state index contributed by atoms with van der Waals surface area (Å²) < 4.78 is 0. The molecule has 0 saturated carbocycles. The number of hydrogen-bond donors (Lipinski definition) is 0. The second-order valence-electron chi connectivity index (χ2n) is 4.37. The van der Waals surface area contributed by atoms with Crippen molar-refractivity contribution >= 4 is 5.69 Å². The molecule has 3 heterocycles. The van der Waals surface area contributed by atoms with Crippen molar-refractivity contribution in [3.63, 3.8) is 0 Å². The number of anilines is 1. The molecule has 2 fully saturated rings. The van der Waals surface area contributed by atoms with Crippen LogP contribution < -0.4 is 4.90 Å². The molecule has 0 N–H and O–H groups in total. The van der Waals surface area contributed by atoms with Crippen LogP contribution in [0.15, 0.2) is 18.7 Å². The molecule has 2 aliphatic heterocycles. The molecule has 0 amide bonds. The normalized spacial score (nSPS) is 26.7. The summed E-state index contributed by atoms with van der Waals surface area (Å²) in [6.45, 7) is 4.75. The van der Waals surface area contributed by atoms with E-state index in [2.05, 4.69) is 19.8 Å². The van der Waals surface area contributed by atoms with Gasteiger partial charge in [-0.05, 0) is 19.4 Å². The van der Waals surface area contributed by atoms with Crippen molar-refractivity contribution in [2.24, 2.45) is 0 Å². The lowest BCUT2D eigenvalue weighted by Crippen LogP contribution is -2.50. The first-order valence-electron chi connectivity index (χ1n) is 5.67. The van der Waals surface area contributed by atoms with Crippen molar-refractivity contribution < 1.29 is 0 Å². The van der Waals surface area contributed by atoms with Crippen LogP contribution in [-0.2, 0) is 0 Å². The smallest absolute Gasteiger partial charge is 0.115 e. The fraction of sp³-hybridized carbons (Fsp3) is 0.636. The number of nitrogens with zero attached hydrogens (tertiary/aromatic N) is 4. The Hall–Kier alpha value is -1.16. The van der Waals surface area contributed by atoms with Gasteiger partial charge in [0.15, 0.2) is 0 Å². The molecule has 4 heteroatoms. The first-order valence-corrected chi connectivity index (χ1v) is 5.67. The van der Waals surface area contributed by atoms with Gasteiger partial charge >= 0.3 is 0 Å². The van der Waals surface area contributed by atoms with E-state index >= 15 is 0 Å². The molecule has 1 aromatic heterocycles. The SMILES string of the molecule is c1ncc(N2CCN3CCCC3C2)cn1. The Morgan fingerprint density at radius 2 is 2.00 bits per heavy atom. The van der Waals surface area contributed by atoms with Gasteiger partial charge in [0.05, 0.1) is 18.1 Å². The van der Waals surface area contributed by atoms with Gasteiger partial charge in [-0.2, -0.15) is 0 Å². The predicted octanol–water partition coefficient (Wildman–Crippen LogP) is 0.761. The number of rotatable bonds is 1. The van der Waals surface area contributed by atoms with E-state index in [1.165, 1.54) is 31.6 Å². The van der Waals surface area contributed by atoms with Gasteiger partial charge < -0.3 is 4.90 Å². The monoisotopic (exact) mass is 204 g/mol. The molecular formula is C11H16N4. The van der Waals surface area contributed by atoms with Crippen molar-refractivity contribution in [3.8, 4) is 0 Å². The minimum absolute atomic E-state index is 0.763. The van der Waals surface area contributed by atoms with Gasteiger partial charge in [0, 0.05) is 25.7 Å². The van der Waals surface area contributed by atoms with E-state index < -0.39 is 0 Å². The molecule has 3 rings (SSSR count). The fourth-order valence-electron chi connectivity index (χ4n) is 2.68. The molecule has 0 aliphatic carbocycles. The zero-order chi connectivity index (χ0) is 10.1. The maximum absolute atomic E-state index is 4.08. The van der Waals surface area contributed by atoms with Crippen molar-refractivity contribution in [1.29, 1.82) is 0 Å². The van der Waals surface area contributed by atoms with Gasteiger partial charge in [-0.3, -0.25) is 4.90 Å². The van der Waals surface area contributed by atoms with Crippen LogP contribution in [0.4, 0.5) is 5.69 Å². The Morgan fingerprint density at radius 3 is 2.87 bits per heavy atom. The maximum atomic E-state index is 4.08. The molecule has 1 aromatic rings. The third-order valence-corrected chi connectivity index (χ3v) is 3.50. The molecular weight excluding hydrogens is 188 g/mol. The lowest BCUT2D eigenvalue weighted by Gasteiger charge is -2.38. The zero-order valence-electron chi connectivity index (χ0n) is 8.84. The molecule has 4 nitrogen and oxygen atoms in total. The van der Waals surface area contributed by atoms with E-state index in [9.17, 15) is 0 Å². The summed E-state index contributed by atoms with van der Waals surface area (Å²) in [6, 6.07) is 0.763. The number of hydrogen-bond acceptors (Lipinski definition) is 4. The minimum atomic E-state index is 0.763.